The summed E-state index contributed by atoms with van der Waals surface area (Å²) < 4.78 is 25.5. The molecule has 7 nitrogen and oxygen atoms in total. The molecule has 0 aliphatic carbocycles. The molecule has 0 aliphatic heterocycles. The topological polar surface area (TPSA) is 84.3 Å². The van der Waals surface area contributed by atoms with Gasteiger partial charge in [-0.15, -0.1) is 0 Å². The maximum absolute atomic E-state index is 12.9. The molecule has 9 heteroatoms. The van der Waals surface area contributed by atoms with E-state index in [2.05, 4.69) is 29.0 Å². The highest BCUT2D eigenvalue weighted by Crippen LogP contribution is 2.27. The van der Waals surface area contributed by atoms with Crippen molar-refractivity contribution < 1.29 is 13.2 Å². The van der Waals surface area contributed by atoms with Crippen molar-refractivity contribution in [2.45, 2.75) is 32.2 Å². The highest BCUT2D eigenvalue weighted by molar-refractivity contribution is 7.89. The number of amides is 1. The van der Waals surface area contributed by atoms with Crippen LogP contribution in [0.2, 0.25) is 5.02 Å². The summed E-state index contributed by atoms with van der Waals surface area (Å²) in [6.45, 7) is 6.14. The average molecular weight is 477 g/mol. The average Bonchev–Trinajstić information content (AvgIpc) is 3.07. The van der Waals surface area contributed by atoms with Gasteiger partial charge >= 0.3 is 0 Å². The summed E-state index contributed by atoms with van der Waals surface area (Å²) in [4.78, 5) is 19.6. The lowest BCUT2D eigenvalue weighted by molar-refractivity contribution is -0.121. The number of carbonyl (C=O) groups excluding carboxylic acids is 1. The summed E-state index contributed by atoms with van der Waals surface area (Å²) in [6.07, 6.45) is 1.16. The molecule has 0 bridgehead atoms. The number of carbonyl (C=O) groups is 1. The van der Waals surface area contributed by atoms with Crippen molar-refractivity contribution in [2.75, 3.05) is 25.9 Å². The molecule has 32 heavy (non-hydrogen) atoms. The van der Waals surface area contributed by atoms with Crippen molar-refractivity contribution in [1.29, 1.82) is 0 Å². The largest absolute Gasteiger partial charge is 0.353 e. The van der Waals surface area contributed by atoms with Crippen LogP contribution < -0.4 is 5.32 Å². The standard InChI is InChI=1S/C23H29ClN4O3S/c1-4-27(5-2)21(17-10-6-7-11-18(17)24)14-25-23(29)15-28-20-13-9-8-12-19(20)26-22(28)16-32(3,30)31/h6-13,21H,4-5,14-16H2,1-3H3,(H,25,29). The fourth-order valence-electron chi connectivity index (χ4n) is 3.90. The zero-order valence-electron chi connectivity index (χ0n) is 18.6. The van der Waals surface area contributed by atoms with Crippen LogP contribution in [0.4, 0.5) is 0 Å². The molecule has 3 aromatic rings. The quantitative estimate of drug-likeness (QED) is 0.484. The number of hydrogen-bond donors (Lipinski definition) is 1. The third kappa shape index (κ3) is 5.88. The Hall–Kier alpha value is -2.42. The molecule has 1 N–H and O–H groups in total. The lowest BCUT2D eigenvalue weighted by atomic mass is 10.0. The van der Waals surface area contributed by atoms with Gasteiger partial charge in [0.25, 0.3) is 0 Å². The van der Waals surface area contributed by atoms with Gasteiger partial charge in [-0.1, -0.05) is 55.8 Å². The first-order valence-electron chi connectivity index (χ1n) is 10.6. The summed E-state index contributed by atoms with van der Waals surface area (Å²) in [6, 6.07) is 14.9. The van der Waals surface area contributed by atoms with Gasteiger partial charge in [0.05, 0.1) is 17.1 Å². The van der Waals surface area contributed by atoms with Crippen molar-refractivity contribution in [3.63, 3.8) is 0 Å². The van der Waals surface area contributed by atoms with Gasteiger partial charge in [-0.3, -0.25) is 9.69 Å². The summed E-state index contributed by atoms with van der Waals surface area (Å²) in [5, 5.41) is 3.68. The number of hydrogen-bond acceptors (Lipinski definition) is 5. The van der Waals surface area contributed by atoms with Crippen LogP contribution in [-0.4, -0.2) is 54.7 Å². The fraction of sp³-hybridized carbons (Fsp3) is 0.391. The van der Waals surface area contributed by atoms with E-state index in [4.69, 9.17) is 11.6 Å². The normalized spacial score (nSPS) is 12.9. The molecule has 1 atom stereocenters. The molecule has 1 unspecified atom stereocenters. The monoisotopic (exact) mass is 476 g/mol. The van der Waals surface area contributed by atoms with Gasteiger partial charge in [-0.05, 0) is 36.9 Å². The predicted molar refractivity (Wildman–Crippen MR) is 128 cm³/mol. The van der Waals surface area contributed by atoms with Gasteiger partial charge in [0.2, 0.25) is 5.91 Å². The first-order valence-corrected chi connectivity index (χ1v) is 13.0. The van der Waals surface area contributed by atoms with Gasteiger partial charge in [0.15, 0.2) is 9.84 Å². The summed E-state index contributed by atoms with van der Waals surface area (Å²) in [7, 11) is -3.30. The van der Waals surface area contributed by atoms with Crippen LogP contribution in [0.3, 0.4) is 0 Å². The van der Waals surface area contributed by atoms with Crippen LogP contribution in [-0.2, 0) is 26.9 Å². The van der Waals surface area contributed by atoms with E-state index in [0.717, 1.165) is 30.4 Å². The number of nitrogens with zero attached hydrogens (tertiary/aromatic N) is 3. The van der Waals surface area contributed by atoms with E-state index in [1.54, 1.807) is 4.57 Å². The fourth-order valence-corrected chi connectivity index (χ4v) is 4.85. The van der Waals surface area contributed by atoms with Gasteiger partial charge in [0.1, 0.15) is 18.1 Å². The lowest BCUT2D eigenvalue weighted by Gasteiger charge is -2.31. The zero-order chi connectivity index (χ0) is 23.3. The number of imidazole rings is 1. The molecule has 1 heterocycles. The highest BCUT2D eigenvalue weighted by Gasteiger charge is 2.22. The van der Waals surface area contributed by atoms with E-state index in [9.17, 15) is 13.2 Å². The van der Waals surface area contributed by atoms with E-state index in [-0.39, 0.29) is 24.2 Å². The number of rotatable bonds is 10. The summed E-state index contributed by atoms with van der Waals surface area (Å²) >= 11 is 6.45. The van der Waals surface area contributed by atoms with E-state index in [1.807, 2.05) is 48.5 Å². The Bertz CT molecular complexity index is 1190. The molecule has 0 saturated heterocycles. The Morgan fingerprint density at radius 1 is 1.12 bits per heavy atom. The maximum Gasteiger partial charge on any atom is 0.240 e. The van der Waals surface area contributed by atoms with Crippen LogP contribution in [0.25, 0.3) is 11.0 Å². The van der Waals surface area contributed by atoms with Crippen molar-refractivity contribution in [3.05, 3.63) is 64.9 Å². The first-order chi connectivity index (χ1) is 15.2. The third-order valence-electron chi connectivity index (χ3n) is 5.44. The van der Waals surface area contributed by atoms with Crippen LogP contribution in [0.1, 0.15) is 31.3 Å². The number of benzene rings is 2. The number of aromatic nitrogens is 2. The Morgan fingerprint density at radius 2 is 1.78 bits per heavy atom. The minimum absolute atomic E-state index is 0.0150. The Kier molecular flexibility index (Phi) is 7.92. The lowest BCUT2D eigenvalue weighted by Crippen LogP contribution is -2.39. The predicted octanol–water partition coefficient (Wildman–Crippen LogP) is 3.43. The second-order valence-electron chi connectivity index (χ2n) is 7.74. The van der Waals surface area contributed by atoms with Gasteiger partial charge in [-0.25, -0.2) is 13.4 Å². The van der Waals surface area contributed by atoms with E-state index >= 15 is 0 Å². The molecule has 3 rings (SSSR count). The molecule has 0 spiro atoms. The Balaban J connectivity index is 1.82. The molecule has 1 aromatic heterocycles. The molecule has 0 radical (unpaired) electrons. The molecule has 2 aromatic carbocycles. The van der Waals surface area contributed by atoms with Crippen molar-refractivity contribution in [3.8, 4) is 0 Å². The SMILES string of the molecule is CCN(CC)C(CNC(=O)Cn1c(CS(C)(=O)=O)nc2ccccc21)c1ccccc1Cl. The maximum atomic E-state index is 12.9. The molecule has 172 valence electrons. The van der Waals surface area contributed by atoms with Crippen LogP contribution in [0.5, 0.6) is 0 Å². The second kappa shape index (κ2) is 10.5. The Labute approximate surface area is 194 Å². The molecule has 0 fully saturated rings. The zero-order valence-corrected chi connectivity index (χ0v) is 20.2. The number of likely N-dealkylation sites (N-methyl/N-ethyl adjacent to an activating group) is 1. The van der Waals surface area contributed by atoms with Crippen molar-refractivity contribution in [2.24, 2.45) is 0 Å². The third-order valence-corrected chi connectivity index (χ3v) is 6.56. The smallest absolute Gasteiger partial charge is 0.240 e. The van der Waals surface area contributed by atoms with Crippen LogP contribution in [0, 0.1) is 0 Å². The minimum Gasteiger partial charge on any atom is -0.353 e. The van der Waals surface area contributed by atoms with Gasteiger partial charge in [-0.2, -0.15) is 0 Å². The summed E-state index contributed by atoms with van der Waals surface area (Å²) in [5.41, 5.74) is 2.35. The van der Waals surface area contributed by atoms with E-state index in [0.29, 0.717) is 22.9 Å². The number of sulfone groups is 1. The molecule has 1 amide bonds. The van der Waals surface area contributed by atoms with Crippen LogP contribution in [0.15, 0.2) is 48.5 Å². The number of nitrogens with one attached hydrogen (secondary N) is 1. The van der Waals surface area contributed by atoms with E-state index in [1.165, 1.54) is 0 Å². The molecular weight excluding hydrogens is 448 g/mol. The number of fused-ring (bicyclic) bond motifs is 1. The highest BCUT2D eigenvalue weighted by atomic mass is 35.5. The van der Waals surface area contributed by atoms with Crippen LogP contribution >= 0.6 is 11.6 Å². The van der Waals surface area contributed by atoms with Crippen molar-refractivity contribution in [1.82, 2.24) is 19.8 Å². The van der Waals surface area contributed by atoms with Crippen molar-refractivity contribution >= 4 is 38.4 Å². The van der Waals surface area contributed by atoms with Gasteiger partial charge < -0.3 is 9.88 Å². The number of para-hydroxylation sites is 2. The Morgan fingerprint density at radius 3 is 2.44 bits per heavy atom. The molecule has 0 saturated carbocycles. The van der Waals surface area contributed by atoms with E-state index < -0.39 is 9.84 Å². The number of halogens is 1. The second-order valence-corrected chi connectivity index (χ2v) is 10.3. The summed E-state index contributed by atoms with van der Waals surface area (Å²) in [5.74, 6) is -0.0845. The first kappa shape index (κ1) is 24.2. The minimum atomic E-state index is -3.30. The van der Waals surface area contributed by atoms with Gasteiger partial charge in [0, 0.05) is 17.8 Å². The molecule has 0 aliphatic rings. The molecular formula is C23H29ClN4O3S.